The highest BCUT2D eigenvalue weighted by Crippen LogP contribution is 2.33. The summed E-state index contributed by atoms with van der Waals surface area (Å²) in [7, 11) is 0. The Balaban J connectivity index is 0.000000301. The van der Waals surface area contributed by atoms with Crippen molar-refractivity contribution in [1.29, 1.82) is 0 Å². The van der Waals surface area contributed by atoms with E-state index in [0.717, 1.165) is 38.2 Å². The Bertz CT molecular complexity index is 1640. The minimum Gasteiger partial charge on any atom is -0.484 e. The quantitative estimate of drug-likeness (QED) is 0.338. The molecular weight excluding hydrogens is 653 g/mol. The first-order valence-electron chi connectivity index (χ1n) is 13.9. The maximum atomic E-state index is 14.4. The van der Waals surface area contributed by atoms with Gasteiger partial charge in [0, 0.05) is 30.8 Å². The molecule has 0 aliphatic carbocycles. The van der Waals surface area contributed by atoms with E-state index in [9.17, 15) is 35.5 Å². The fourth-order valence-corrected chi connectivity index (χ4v) is 5.15. The third kappa shape index (κ3) is 9.03. The number of benzene rings is 1. The number of ether oxygens (including phenoxy) is 2. The highest BCUT2D eigenvalue weighted by molar-refractivity contribution is 5.80. The van der Waals surface area contributed by atoms with Crippen molar-refractivity contribution in [3.8, 4) is 11.6 Å². The van der Waals surface area contributed by atoms with Gasteiger partial charge in [-0.1, -0.05) is 0 Å². The number of carbonyl (C=O) groups is 2. The summed E-state index contributed by atoms with van der Waals surface area (Å²) in [5.41, 5.74) is 2.62. The van der Waals surface area contributed by atoms with E-state index >= 15 is 0 Å². The lowest BCUT2D eigenvalue weighted by molar-refractivity contribution is -0.193. The van der Waals surface area contributed by atoms with E-state index in [2.05, 4.69) is 25.4 Å². The SMILES string of the molecule is O=C(O)C(F)(F)F.O=C(O)C(F)(F)F.O=c1cnc2ccc(F)c3c2n1C(CN1CCC(NCc2cc4c(nn2)OCCO4)CC1)C3. The molecule has 13 nitrogen and oxygen atoms in total. The van der Waals surface area contributed by atoms with Crippen LogP contribution in [0, 0.1) is 5.82 Å². The second kappa shape index (κ2) is 14.4. The number of aromatic nitrogens is 4. The monoisotopic (exact) mass is 680 g/mol. The molecule has 47 heavy (non-hydrogen) atoms. The van der Waals surface area contributed by atoms with Gasteiger partial charge in [-0.3, -0.25) is 4.79 Å². The minimum absolute atomic E-state index is 0.0626. The van der Waals surface area contributed by atoms with Crippen molar-refractivity contribution in [2.45, 2.75) is 50.2 Å². The Morgan fingerprint density at radius 2 is 1.60 bits per heavy atom. The number of rotatable bonds is 5. The van der Waals surface area contributed by atoms with Crippen LogP contribution in [0.1, 0.15) is 30.1 Å². The number of fused-ring (bicyclic) bond motifs is 1. The van der Waals surface area contributed by atoms with Gasteiger partial charge in [-0.25, -0.2) is 19.0 Å². The lowest BCUT2D eigenvalue weighted by Crippen LogP contribution is -2.44. The van der Waals surface area contributed by atoms with Crippen molar-refractivity contribution < 1.29 is 60.0 Å². The van der Waals surface area contributed by atoms with Gasteiger partial charge in [0.2, 0.25) is 0 Å². The summed E-state index contributed by atoms with van der Waals surface area (Å²) in [5, 5.41) is 26.1. The van der Waals surface area contributed by atoms with Crippen LogP contribution >= 0.6 is 0 Å². The molecule has 1 unspecified atom stereocenters. The topological polar surface area (TPSA) is 169 Å². The van der Waals surface area contributed by atoms with Gasteiger partial charge in [-0.2, -0.15) is 31.4 Å². The van der Waals surface area contributed by atoms with Gasteiger partial charge in [0.1, 0.15) is 19.0 Å². The normalized spacial score (nSPS) is 17.7. The summed E-state index contributed by atoms with van der Waals surface area (Å²) in [6, 6.07) is 5.30. The van der Waals surface area contributed by atoms with Crippen LogP contribution < -0.4 is 20.3 Å². The van der Waals surface area contributed by atoms with Crippen molar-refractivity contribution in [2.75, 3.05) is 32.8 Å². The molecule has 3 aliphatic rings. The third-order valence-electron chi connectivity index (χ3n) is 7.27. The van der Waals surface area contributed by atoms with Crippen molar-refractivity contribution in [3.63, 3.8) is 0 Å². The molecule has 256 valence electrons. The number of piperidine rings is 1. The molecule has 0 spiro atoms. The lowest BCUT2D eigenvalue weighted by atomic mass is 10.0. The Labute approximate surface area is 259 Å². The Hall–Kier alpha value is -4.59. The zero-order valence-electron chi connectivity index (χ0n) is 24.1. The smallest absolute Gasteiger partial charge is 0.484 e. The van der Waals surface area contributed by atoms with Crippen LogP contribution in [-0.4, -0.2) is 98.0 Å². The maximum Gasteiger partial charge on any atom is 0.490 e. The molecule has 20 heteroatoms. The second-order valence-electron chi connectivity index (χ2n) is 10.5. The van der Waals surface area contributed by atoms with Gasteiger partial charge in [-0.15, -0.1) is 5.10 Å². The highest BCUT2D eigenvalue weighted by atomic mass is 19.4. The molecule has 1 atom stereocenters. The first kappa shape index (κ1) is 35.3. The number of hydrogen-bond donors (Lipinski definition) is 3. The van der Waals surface area contributed by atoms with Gasteiger partial charge >= 0.3 is 24.3 Å². The van der Waals surface area contributed by atoms with Gasteiger partial charge in [0.25, 0.3) is 11.4 Å². The van der Waals surface area contributed by atoms with Crippen molar-refractivity contribution in [3.05, 3.63) is 51.8 Å². The molecule has 1 saturated heterocycles. The molecule has 2 aromatic heterocycles. The van der Waals surface area contributed by atoms with Crippen LogP contribution in [0.15, 0.2) is 29.2 Å². The van der Waals surface area contributed by atoms with Crippen molar-refractivity contribution >= 4 is 23.0 Å². The highest BCUT2D eigenvalue weighted by Gasteiger charge is 2.39. The van der Waals surface area contributed by atoms with Crippen LogP contribution in [0.5, 0.6) is 11.6 Å². The molecule has 0 bridgehead atoms. The van der Waals surface area contributed by atoms with Crippen LogP contribution in [0.3, 0.4) is 0 Å². The van der Waals surface area contributed by atoms with Gasteiger partial charge in [0.05, 0.1) is 29.0 Å². The van der Waals surface area contributed by atoms with Gasteiger partial charge < -0.3 is 34.5 Å². The maximum absolute atomic E-state index is 14.4. The van der Waals surface area contributed by atoms with Crippen molar-refractivity contribution in [1.82, 2.24) is 30.0 Å². The lowest BCUT2D eigenvalue weighted by Gasteiger charge is -2.34. The average molecular weight is 681 g/mol. The first-order chi connectivity index (χ1) is 22.0. The molecule has 1 aromatic carbocycles. The second-order valence-corrected chi connectivity index (χ2v) is 10.5. The van der Waals surface area contributed by atoms with E-state index in [-0.39, 0.29) is 17.4 Å². The third-order valence-corrected chi connectivity index (χ3v) is 7.27. The number of carboxylic acids is 2. The number of carboxylic acid groups (broad SMARTS) is 2. The summed E-state index contributed by atoms with van der Waals surface area (Å²) in [6.07, 6.45) is -6.30. The van der Waals surface area contributed by atoms with Gasteiger partial charge in [0.15, 0.2) is 5.75 Å². The molecule has 3 N–H and O–H groups in total. The fraction of sp³-hybridized carbons (Fsp3) is 0.481. The molecule has 0 saturated carbocycles. The molecule has 0 amide bonds. The summed E-state index contributed by atoms with van der Waals surface area (Å²) >= 11 is 0. The molecular formula is C27H27F7N6O7. The van der Waals surface area contributed by atoms with E-state index in [1.807, 2.05) is 6.07 Å². The summed E-state index contributed by atoms with van der Waals surface area (Å²) < 4.78 is 90.6. The number of alkyl halides is 6. The molecule has 6 rings (SSSR count). The Kier molecular flexibility index (Phi) is 10.8. The predicted molar refractivity (Wildman–Crippen MR) is 145 cm³/mol. The standard InChI is InChI=1S/C23H25FN6O3.2C2HF3O2/c24-18-1-2-19-22-17(18)10-16(30(22)21(31)12-26-19)13-29-5-3-14(4-6-29)25-11-15-9-20-23(28-27-15)33-8-7-32-20;2*3-2(4,5)1(6)7/h1-2,9,12,14,16,25H,3-8,10-11,13H2;2*(H,6,7). The molecule has 5 heterocycles. The van der Waals surface area contributed by atoms with E-state index < -0.39 is 24.3 Å². The number of nitrogens with one attached hydrogen (secondary N) is 1. The predicted octanol–water partition coefficient (Wildman–Crippen LogP) is 2.71. The largest absolute Gasteiger partial charge is 0.490 e. The summed E-state index contributed by atoms with van der Waals surface area (Å²) in [6.45, 7) is 4.22. The zero-order chi connectivity index (χ0) is 34.5. The summed E-state index contributed by atoms with van der Waals surface area (Å²) in [5.74, 6) is -4.66. The molecule has 3 aromatic rings. The van der Waals surface area contributed by atoms with Gasteiger partial charge in [-0.05, 0) is 44.5 Å². The van der Waals surface area contributed by atoms with Crippen molar-refractivity contribution in [2.24, 2.45) is 0 Å². The Morgan fingerprint density at radius 1 is 0.979 bits per heavy atom. The number of aliphatic carboxylic acids is 2. The van der Waals surface area contributed by atoms with E-state index in [1.165, 1.54) is 12.3 Å². The van der Waals surface area contributed by atoms with Crippen LogP contribution in [0.25, 0.3) is 11.0 Å². The zero-order valence-corrected chi connectivity index (χ0v) is 24.1. The number of halogens is 7. The van der Waals surface area contributed by atoms with Crippen LogP contribution in [-0.2, 0) is 22.6 Å². The number of nitrogens with zero attached hydrogens (tertiary/aromatic N) is 5. The molecule has 0 radical (unpaired) electrons. The van der Waals surface area contributed by atoms with Crippen LogP contribution in [0.4, 0.5) is 30.7 Å². The van der Waals surface area contributed by atoms with Crippen LogP contribution in [0.2, 0.25) is 0 Å². The number of hydrogen-bond acceptors (Lipinski definition) is 10. The average Bonchev–Trinajstić information content (AvgIpc) is 3.40. The summed E-state index contributed by atoms with van der Waals surface area (Å²) in [4.78, 5) is 36.9. The van der Waals surface area contributed by atoms with E-state index in [1.54, 1.807) is 10.6 Å². The molecule has 1 fully saturated rings. The minimum atomic E-state index is -5.08. The van der Waals surface area contributed by atoms with E-state index in [4.69, 9.17) is 29.3 Å². The first-order valence-corrected chi connectivity index (χ1v) is 13.9. The van der Waals surface area contributed by atoms with E-state index in [0.29, 0.717) is 60.4 Å². The molecule has 3 aliphatic heterocycles. The fourth-order valence-electron chi connectivity index (χ4n) is 5.15. The number of likely N-dealkylation sites (tertiary alicyclic amines) is 1. The Morgan fingerprint density at radius 3 is 2.21 bits per heavy atom.